The van der Waals surface area contributed by atoms with Crippen molar-refractivity contribution >= 4 is 11.8 Å². The van der Waals surface area contributed by atoms with E-state index in [1.807, 2.05) is 0 Å². The molecule has 2 aromatic rings. The number of aromatic nitrogens is 5. The van der Waals surface area contributed by atoms with Gasteiger partial charge in [0.15, 0.2) is 5.82 Å². The van der Waals surface area contributed by atoms with Gasteiger partial charge in [0.1, 0.15) is 24.0 Å². The summed E-state index contributed by atoms with van der Waals surface area (Å²) in [6.07, 6.45) is 0.135. The second-order valence-electron chi connectivity index (χ2n) is 3.82. The van der Waals surface area contributed by atoms with E-state index in [1.54, 1.807) is 6.92 Å². The Kier molecular flexibility index (Phi) is 4.21. The summed E-state index contributed by atoms with van der Waals surface area (Å²) in [6, 6.07) is 0. The van der Waals surface area contributed by atoms with Crippen molar-refractivity contribution in [1.29, 1.82) is 0 Å². The van der Waals surface area contributed by atoms with E-state index in [1.165, 1.54) is 17.3 Å². The van der Waals surface area contributed by atoms with Crippen LogP contribution in [-0.2, 0) is 0 Å². The highest BCUT2D eigenvalue weighted by Crippen LogP contribution is 2.32. The Hall–Kier alpha value is -1.71. The van der Waals surface area contributed by atoms with Crippen molar-refractivity contribution < 1.29 is 17.6 Å². The maximum Gasteiger partial charge on any atom is 0.316 e. The minimum absolute atomic E-state index is 0.200. The summed E-state index contributed by atoms with van der Waals surface area (Å²) in [7, 11) is 0. The molecule has 0 aliphatic rings. The van der Waals surface area contributed by atoms with Gasteiger partial charge in [-0.1, -0.05) is 11.8 Å². The topological polar surface area (TPSA) is 56.5 Å². The summed E-state index contributed by atoms with van der Waals surface area (Å²) in [6.45, 7) is 1.60. The van der Waals surface area contributed by atoms with Crippen molar-refractivity contribution in [2.75, 3.05) is 5.75 Å². The van der Waals surface area contributed by atoms with Crippen LogP contribution < -0.4 is 0 Å². The lowest BCUT2D eigenvalue weighted by atomic mass is 10.3. The van der Waals surface area contributed by atoms with E-state index in [-0.39, 0.29) is 5.03 Å². The maximum atomic E-state index is 12.9. The zero-order valence-corrected chi connectivity index (χ0v) is 11.0. The van der Waals surface area contributed by atoms with Crippen molar-refractivity contribution in [2.24, 2.45) is 0 Å². The van der Waals surface area contributed by atoms with Crippen LogP contribution in [-0.4, -0.2) is 42.8 Å². The first-order valence-corrected chi connectivity index (χ1v) is 6.36. The third kappa shape index (κ3) is 3.06. The molecule has 108 valence electrons. The average Bonchev–Trinajstić information content (AvgIpc) is 2.91. The molecule has 2 aromatic heterocycles. The molecule has 5 nitrogen and oxygen atoms in total. The first-order chi connectivity index (χ1) is 9.42. The SMILES string of the molecule is Cc1c(SCC(F)(F)C(F)F)ncnc1-n1cncn1. The molecule has 2 rings (SSSR count). The van der Waals surface area contributed by atoms with E-state index in [2.05, 4.69) is 20.1 Å². The average molecular weight is 307 g/mol. The Labute approximate surface area is 115 Å². The lowest BCUT2D eigenvalue weighted by Gasteiger charge is -2.15. The van der Waals surface area contributed by atoms with Crippen molar-refractivity contribution in [2.45, 2.75) is 24.3 Å². The molecule has 2 heterocycles. The van der Waals surface area contributed by atoms with Crippen LogP contribution in [0.4, 0.5) is 17.6 Å². The molecule has 0 fully saturated rings. The Morgan fingerprint density at radius 2 is 2.05 bits per heavy atom. The van der Waals surface area contributed by atoms with Gasteiger partial charge in [0, 0.05) is 5.56 Å². The molecule has 0 radical (unpaired) electrons. The molecule has 0 amide bonds. The zero-order chi connectivity index (χ0) is 14.8. The summed E-state index contributed by atoms with van der Waals surface area (Å²) < 4.78 is 51.3. The minimum Gasteiger partial charge on any atom is -0.230 e. The predicted molar refractivity (Wildman–Crippen MR) is 63.4 cm³/mol. The van der Waals surface area contributed by atoms with Gasteiger partial charge in [-0.15, -0.1) is 0 Å². The minimum atomic E-state index is -4.06. The van der Waals surface area contributed by atoms with Crippen LogP contribution in [0.15, 0.2) is 24.0 Å². The highest BCUT2D eigenvalue weighted by molar-refractivity contribution is 7.99. The van der Waals surface area contributed by atoms with Gasteiger partial charge < -0.3 is 0 Å². The number of rotatable bonds is 5. The molecule has 20 heavy (non-hydrogen) atoms. The predicted octanol–water partition coefficient (Wildman–Crippen LogP) is 2.36. The second-order valence-corrected chi connectivity index (χ2v) is 4.78. The van der Waals surface area contributed by atoms with E-state index >= 15 is 0 Å². The quantitative estimate of drug-likeness (QED) is 0.482. The van der Waals surface area contributed by atoms with Crippen LogP contribution in [0.5, 0.6) is 0 Å². The molecule has 0 aliphatic carbocycles. The van der Waals surface area contributed by atoms with Gasteiger partial charge in [-0.25, -0.2) is 28.4 Å². The van der Waals surface area contributed by atoms with Crippen LogP contribution >= 0.6 is 11.8 Å². The molecule has 0 saturated carbocycles. The third-order valence-electron chi connectivity index (χ3n) is 2.37. The standard InChI is InChI=1S/C10H9F4N5S/c1-6-7(19-5-15-3-18-19)16-4-17-8(6)20-2-10(13,14)9(11)12/h3-5,9H,2H2,1H3. The van der Waals surface area contributed by atoms with Gasteiger partial charge >= 0.3 is 12.3 Å². The number of nitrogens with zero attached hydrogens (tertiary/aromatic N) is 5. The number of hydrogen-bond acceptors (Lipinski definition) is 5. The van der Waals surface area contributed by atoms with Crippen LogP contribution in [0.1, 0.15) is 5.56 Å². The first kappa shape index (κ1) is 14.7. The molecule has 0 aromatic carbocycles. The largest absolute Gasteiger partial charge is 0.316 e. The molecular weight excluding hydrogens is 298 g/mol. The zero-order valence-electron chi connectivity index (χ0n) is 10.2. The molecule has 0 N–H and O–H groups in total. The van der Waals surface area contributed by atoms with Crippen molar-refractivity contribution in [3.05, 3.63) is 24.5 Å². The van der Waals surface area contributed by atoms with Crippen molar-refractivity contribution in [3.8, 4) is 5.82 Å². The summed E-state index contributed by atoms with van der Waals surface area (Å²) in [4.78, 5) is 11.5. The van der Waals surface area contributed by atoms with Crippen LogP contribution in [0.3, 0.4) is 0 Å². The smallest absolute Gasteiger partial charge is 0.230 e. The van der Waals surface area contributed by atoms with Crippen molar-refractivity contribution in [3.63, 3.8) is 0 Å². The Bertz CT molecular complexity index is 575. The van der Waals surface area contributed by atoms with E-state index < -0.39 is 18.1 Å². The van der Waals surface area contributed by atoms with E-state index in [4.69, 9.17) is 0 Å². The number of halogens is 4. The van der Waals surface area contributed by atoms with Gasteiger partial charge in [-0.05, 0) is 6.92 Å². The summed E-state index contributed by atoms with van der Waals surface area (Å²) >= 11 is 0.551. The molecule has 0 spiro atoms. The molecular formula is C10H9F4N5S. The van der Waals surface area contributed by atoms with Gasteiger partial charge in [0.25, 0.3) is 0 Å². The van der Waals surface area contributed by atoms with Crippen LogP contribution in [0, 0.1) is 6.92 Å². The first-order valence-electron chi connectivity index (χ1n) is 5.37. The van der Waals surface area contributed by atoms with Gasteiger partial charge in [-0.2, -0.15) is 13.9 Å². The third-order valence-corrected chi connectivity index (χ3v) is 3.58. The van der Waals surface area contributed by atoms with E-state index in [9.17, 15) is 17.6 Å². The Balaban J connectivity index is 2.20. The number of thioether (sulfide) groups is 1. The monoisotopic (exact) mass is 307 g/mol. The summed E-state index contributed by atoms with van der Waals surface area (Å²) in [5.74, 6) is -4.75. The fourth-order valence-corrected chi connectivity index (χ4v) is 2.23. The van der Waals surface area contributed by atoms with Crippen LogP contribution in [0.25, 0.3) is 5.82 Å². The summed E-state index contributed by atoms with van der Waals surface area (Å²) in [5.41, 5.74) is 0.466. The highest BCUT2D eigenvalue weighted by atomic mass is 32.2. The van der Waals surface area contributed by atoms with Crippen molar-refractivity contribution in [1.82, 2.24) is 24.7 Å². The van der Waals surface area contributed by atoms with Gasteiger partial charge in [0.2, 0.25) is 0 Å². The Morgan fingerprint density at radius 3 is 2.65 bits per heavy atom. The normalized spacial score (nSPS) is 12.1. The number of hydrogen-bond donors (Lipinski definition) is 0. The van der Waals surface area contributed by atoms with Gasteiger partial charge in [-0.3, -0.25) is 0 Å². The fraction of sp³-hybridized carbons (Fsp3) is 0.400. The molecule has 10 heteroatoms. The molecule has 0 unspecified atom stereocenters. The van der Waals surface area contributed by atoms with Crippen LogP contribution in [0.2, 0.25) is 0 Å². The molecule has 0 aliphatic heterocycles. The molecule has 0 saturated heterocycles. The van der Waals surface area contributed by atoms with E-state index in [0.717, 1.165) is 6.33 Å². The lowest BCUT2D eigenvalue weighted by molar-refractivity contribution is -0.110. The second kappa shape index (κ2) is 5.73. The highest BCUT2D eigenvalue weighted by Gasteiger charge is 2.40. The Morgan fingerprint density at radius 1 is 1.30 bits per heavy atom. The van der Waals surface area contributed by atoms with E-state index in [0.29, 0.717) is 23.1 Å². The lowest BCUT2D eigenvalue weighted by Crippen LogP contribution is -2.29. The molecule has 0 bridgehead atoms. The fourth-order valence-electron chi connectivity index (χ4n) is 1.35. The van der Waals surface area contributed by atoms with Gasteiger partial charge in [0.05, 0.1) is 5.75 Å². The number of alkyl halides is 4. The molecule has 0 atom stereocenters. The maximum absolute atomic E-state index is 12.9. The summed E-state index contributed by atoms with van der Waals surface area (Å²) in [5, 5.41) is 4.06.